The Morgan fingerprint density at radius 2 is 1.77 bits per heavy atom. The topological polar surface area (TPSA) is 126 Å². The second kappa shape index (κ2) is 10.1. The van der Waals surface area contributed by atoms with Crippen LogP contribution in [0.1, 0.15) is 15.9 Å². The summed E-state index contributed by atoms with van der Waals surface area (Å²) >= 11 is 2.53. The number of thioether (sulfide) groups is 1. The van der Waals surface area contributed by atoms with Crippen molar-refractivity contribution in [2.45, 2.75) is 10.1 Å². The zero-order chi connectivity index (χ0) is 22.4. The number of nitrogens with one attached hydrogen (secondary N) is 1. The van der Waals surface area contributed by atoms with E-state index >= 15 is 0 Å². The monoisotopic (exact) mass is 462 g/mol. The summed E-state index contributed by atoms with van der Waals surface area (Å²) in [6, 6.07) is 9.23. The minimum atomic E-state index is -0.458. The van der Waals surface area contributed by atoms with Crippen LogP contribution in [-0.4, -0.2) is 42.4 Å². The van der Waals surface area contributed by atoms with Crippen molar-refractivity contribution in [1.82, 2.24) is 10.2 Å². The molecule has 1 heterocycles. The number of ether oxygens (including phenoxy) is 3. The summed E-state index contributed by atoms with van der Waals surface area (Å²) in [5.41, 5.74) is 1.02. The number of nitro benzene ring substituents is 1. The van der Waals surface area contributed by atoms with Crippen LogP contribution in [0.5, 0.6) is 17.2 Å². The van der Waals surface area contributed by atoms with Crippen molar-refractivity contribution >= 4 is 39.8 Å². The number of rotatable bonds is 9. The maximum absolute atomic E-state index is 12.5. The van der Waals surface area contributed by atoms with Crippen LogP contribution in [0.15, 0.2) is 40.7 Å². The van der Waals surface area contributed by atoms with Gasteiger partial charge in [0.05, 0.1) is 26.3 Å². The van der Waals surface area contributed by atoms with Gasteiger partial charge in [-0.1, -0.05) is 23.1 Å². The molecule has 1 amide bonds. The number of carbonyl (C=O) groups excluding carboxylic acids is 1. The molecule has 162 valence electrons. The van der Waals surface area contributed by atoms with Gasteiger partial charge in [-0.3, -0.25) is 20.2 Å². The van der Waals surface area contributed by atoms with Crippen molar-refractivity contribution in [3.63, 3.8) is 0 Å². The largest absolute Gasteiger partial charge is 0.496 e. The summed E-state index contributed by atoms with van der Waals surface area (Å²) in [5, 5.41) is 22.1. The number of carbonyl (C=O) groups is 1. The predicted molar refractivity (Wildman–Crippen MR) is 117 cm³/mol. The first-order valence-corrected chi connectivity index (χ1v) is 10.6. The summed E-state index contributed by atoms with van der Waals surface area (Å²) in [4.78, 5) is 23.1. The fraction of sp³-hybridized carbons (Fsp3) is 0.211. The third-order valence-corrected chi connectivity index (χ3v) is 6.12. The highest BCUT2D eigenvalue weighted by molar-refractivity contribution is 8.00. The van der Waals surface area contributed by atoms with E-state index in [0.29, 0.717) is 43.6 Å². The number of amides is 1. The quantitative estimate of drug-likeness (QED) is 0.217. The lowest BCUT2D eigenvalue weighted by atomic mass is 10.2. The van der Waals surface area contributed by atoms with Crippen LogP contribution in [0.4, 0.5) is 10.8 Å². The van der Waals surface area contributed by atoms with Gasteiger partial charge >= 0.3 is 0 Å². The highest BCUT2D eigenvalue weighted by Gasteiger charge is 2.15. The molecule has 12 heteroatoms. The van der Waals surface area contributed by atoms with Crippen LogP contribution in [0.25, 0.3) is 0 Å². The molecule has 0 unspecified atom stereocenters. The lowest BCUT2D eigenvalue weighted by Gasteiger charge is -2.09. The lowest BCUT2D eigenvalue weighted by molar-refractivity contribution is -0.384. The highest BCUT2D eigenvalue weighted by atomic mass is 32.2. The molecule has 2 aromatic carbocycles. The van der Waals surface area contributed by atoms with Crippen molar-refractivity contribution in [2.75, 3.05) is 26.6 Å². The first-order valence-electron chi connectivity index (χ1n) is 8.76. The van der Waals surface area contributed by atoms with Gasteiger partial charge in [-0.05, 0) is 24.3 Å². The highest BCUT2D eigenvalue weighted by Crippen LogP contribution is 2.33. The Labute approximate surface area is 185 Å². The van der Waals surface area contributed by atoms with Gasteiger partial charge in [0.15, 0.2) is 15.8 Å². The number of hydrogen-bond acceptors (Lipinski definition) is 10. The first-order chi connectivity index (χ1) is 14.9. The van der Waals surface area contributed by atoms with Crippen molar-refractivity contribution < 1.29 is 23.9 Å². The van der Waals surface area contributed by atoms with Gasteiger partial charge < -0.3 is 14.2 Å². The molecule has 3 rings (SSSR count). The van der Waals surface area contributed by atoms with E-state index in [1.54, 1.807) is 24.3 Å². The summed E-state index contributed by atoms with van der Waals surface area (Å²) in [5.74, 6) is 1.53. The Kier molecular flexibility index (Phi) is 7.26. The fourth-order valence-electron chi connectivity index (χ4n) is 2.60. The molecule has 0 spiro atoms. The molecule has 0 atom stereocenters. The molecule has 0 fully saturated rings. The standard InChI is InChI=1S/C19H18N4O6S2/c1-27-14-7-5-13(23(25)26)8-12(14)10-30-19-22-21-18(31-19)20-17(24)11-4-6-15(28-2)16(9-11)29-3/h4-9H,10H2,1-3H3,(H,20,21,24). The second-order valence-corrected chi connectivity index (χ2v) is 8.14. The van der Waals surface area contributed by atoms with Crippen LogP contribution in [0, 0.1) is 10.1 Å². The normalized spacial score (nSPS) is 10.4. The van der Waals surface area contributed by atoms with E-state index in [9.17, 15) is 14.9 Å². The third-order valence-electron chi connectivity index (χ3n) is 4.10. The Hall–Kier alpha value is -3.38. The van der Waals surface area contributed by atoms with E-state index < -0.39 is 4.92 Å². The van der Waals surface area contributed by atoms with Crippen molar-refractivity contribution in [3.05, 3.63) is 57.6 Å². The van der Waals surface area contributed by atoms with Crippen LogP contribution in [0.3, 0.4) is 0 Å². The maximum atomic E-state index is 12.5. The molecule has 0 saturated heterocycles. The molecule has 31 heavy (non-hydrogen) atoms. The van der Waals surface area contributed by atoms with E-state index in [0.717, 1.165) is 0 Å². The zero-order valence-electron chi connectivity index (χ0n) is 16.8. The van der Waals surface area contributed by atoms with Crippen LogP contribution >= 0.6 is 23.1 Å². The summed E-state index contributed by atoms with van der Waals surface area (Å²) in [7, 11) is 4.51. The van der Waals surface area contributed by atoms with E-state index in [2.05, 4.69) is 15.5 Å². The SMILES string of the molecule is COc1ccc([N+](=O)[O-])cc1CSc1nnc(NC(=O)c2ccc(OC)c(OC)c2)s1. The molecule has 0 aliphatic rings. The smallest absolute Gasteiger partial charge is 0.270 e. The maximum Gasteiger partial charge on any atom is 0.270 e. The second-order valence-electron chi connectivity index (χ2n) is 5.94. The molecular weight excluding hydrogens is 444 g/mol. The number of non-ortho nitro benzene ring substituents is 1. The molecule has 0 aliphatic heterocycles. The Morgan fingerprint density at radius 1 is 1.06 bits per heavy atom. The number of aromatic nitrogens is 2. The first kappa shape index (κ1) is 22.3. The number of nitrogens with zero attached hydrogens (tertiary/aromatic N) is 3. The van der Waals surface area contributed by atoms with Gasteiger partial charge in [-0.15, -0.1) is 10.2 Å². The average Bonchev–Trinajstić information content (AvgIpc) is 3.23. The van der Waals surface area contributed by atoms with E-state index in [1.165, 1.54) is 56.6 Å². The van der Waals surface area contributed by atoms with Gasteiger partial charge in [-0.25, -0.2) is 0 Å². The van der Waals surface area contributed by atoms with Crippen LogP contribution < -0.4 is 19.5 Å². The Morgan fingerprint density at radius 3 is 2.45 bits per heavy atom. The Bertz CT molecular complexity index is 1100. The lowest BCUT2D eigenvalue weighted by Crippen LogP contribution is -2.11. The summed E-state index contributed by atoms with van der Waals surface area (Å²) in [6.45, 7) is 0. The molecule has 3 aromatic rings. The van der Waals surface area contributed by atoms with Gasteiger partial charge in [0.25, 0.3) is 11.6 Å². The molecule has 1 aromatic heterocycles. The van der Waals surface area contributed by atoms with Gasteiger partial charge in [0.1, 0.15) is 5.75 Å². The number of hydrogen-bond donors (Lipinski definition) is 1. The molecule has 0 radical (unpaired) electrons. The molecule has 0 saturated carbocycles. The summed E-state index contributed by atoms with van der Waals surface area (Å²) in [6.07, 6.45) is 0. The number of nitro groups is 1. The van der Waals surface area contributed by atoms with E-state index in [1.807, 2.05) is 0 Å². The minimum Gasteiger partial charge on any atom is -0.496 e. The van der Waals surface area contributed by atoms with Crippen LogP contribution in [-0.2, 0) is 5.75 Å². The molecular formula is C19H18N4O6S2. The summed E-state index contributed by atoms with van der Waals surface area (Å²) < 4.78 is 16.2. The predicted octanol–water partition coefficient (Wildman–Crippen LogP) is 4.02. The van der Waals surface area contributed by atoms with Crippen molar-refractivity contribution in [1.29, 1.82) is 0 Å². The number of benzene rings is 2. The van der Waals surface area contributed by atoms with Gasteiger partial charge in [0, 0.05) is 29.0 Å². The minimum absolute atomic E-state index is 0.0171. The molecule has 10 nitrogen and oxygen atoms in total. The third kappa shape index (κ3) is 5.41. The van der Waals surface area contributed by atoms with E-state index in [4.69, 9.17) is 14.2 Å². The Balaban J connectivity index is 1.66. The molecule has 1 N–H and O–H groups in total. The van der Waals surface area contributed by atoms with E-state index in [-0.39, 0.29) is 11.6 Å². The zero-order valence-corrected chi connectivity index (χ0v) is 18.4. The van der Waals surface area contributed by atoms with Crippen molar-refractivity contribution in [3.8, 4) is 17.2 Å². The molecule has 0 bridgehead atoms. The average molecular weight is 463 g/mol. The fourth-order valence-corrected chi connectivity index (χ4v) is 4.32. The van der Waals surface area contributed by atoms with Crippen molar-refractivity contribution in [2.24, 2.45) is 0 Å². The number of anilines is 1. The van der Waals surface area contributed by atoms with Gasteiger partial charge in [0.2, 0.25) is 5.13 Å². The van der Waals surface area contributed by atoms with Crippen LogP contribution in [0.2, 0.25) is 0 Å². The van der Waals surface area contributed by atoms with Gasteiger partial charge in [-0.2, -0.15) is 0 Å². The number of methoxy groups -OCH3 is 3. The molecule has 0 aliphatic carbocycles.